The summed E-state index contributed by atoms with van der Waals surface area (Å²) in [5, 5.41) is 3.17. The van der Waals surface area contributed by atoms with Crippen LogP contribution < -0.4 is 10.1 Å². The normalized spacial score (nSPS) is 18.1. The van der Waals surface area contributed by atoms with Crippen LogP contribution in [0.3, 0.4) is 0 Å². The molecule has 46 heavy (non-hydrogen) atoms. The van der Waals surface area contributed by atoms with Crippen LogP contribution >= 0.6 is 0 Å². The fourth-order valence-corrected chi connectivity index (χ4v) is 6.84. The van der Waals surface area contributed by atoms with E-state index in [9.17, 15) is 9.59 Å². The number of ether oxygens (including phenoxy) is 4. The second-order valence-electron chi connectivity index (χ2n) is 11.8. The van der Waals surface area contributed by atoms with Gasteiger partial charge in [0, 0.05) is 28.9 Å². The average Bonchev–Trinajstić information content (AvgIpc) is 3.10. The number of hydrogen-bond donors (Lipinski definition) is 1. The minimum Gasteiger partial charge on any atom is -0.496 e. The summed E-state index contributed by atoms with van der Waals surface area (Å²) in [6.07, 6.45) is 2.08. The third-order valence-corrected chi connectivity index (χ3v) is 9.21. The van der Waals surface area contributed by atoms with Gasteiger partial charge in [0.15, 0.2) is 0 Å². The molecule has 0 aliphatic carbocycles. The van der Waals surface area contributed by atoms with E-state index in [1.807, 2.05) is 18.2 Å². The van der Waals surface area contributed by atoms with Crippen LogP contribution in [-0.2, 0) is 29.2 Å². The summed E-state index contributed by atoms with van der Waals surface area (Å²) in [5.74, 6) is -1.19. The van der Waals surface area contributed by atoms with E-state index < -0.39 is 17.9 Å². The Balaban J connectivity index is 1.15. The Bertz CT molecular complexity index is 1520. The van der Waals surface area contributed by atoms with Crippen molar-refractivity contribution in [2.45, 2.75) is 38.0 Å². The second kappa shape index (κ2) is 15.3. The van der Waals surface area contributed by atoms with Gasteiger partial charge >= 0.3 is 11.9 Å². The number of allylic oxidation sites excluding steroid dienone is 2. The first kappa shape index (κ1) is 33.0. The fraction of sp³-hybridized carbons (Fsp3) is 0.368. The molecule has 0 amide bonds. The molecule has 0 bridgehead atoms. The van der Waals surface area contributed by atoms with Gasteiger partial charge in [0.1, 0.15) is 12.4 Å². The zero-order valence-corrected chi connectivity index (χ0v) is 27.2. The topological polar surface area (TPSA) is 86.3 Å². The summed E-state index contributed by atoms with van der Waals surface area (Å²) in [4.78, 5) is 28.9. The van der Waals surface area contributed by atoms with Gasteiger partial charge in [-0.3, -0.25) is 0 Å². The molecule has 0 spiro atoms. The highest BCUT2D eigenvalue weighted by Crippen LogP contribution is 2.43. The first-order chi connectivity index (χ1) is 22.4. The number of benzene rings is 3. The number of nitrogens with zero attached hydrogens (tertiary/aromatic N) is 1. The number of nitrogens with one attached hydrogen (secondary N) is 1. The van der Waals surface area contributed by atoms with Gasteiger partial charge < -0.3 is 29.2 Å². The summed E-state index contributed by atoms with van der Waals surface area (Å²) < 4.78 is 22.3. The van der Waals surface area contributed by atoms with Crippen molar-refractivity contribution in [2.24, 2.45) is 0 Å². The van der Waals surface area contributed by atoms with Crippen molar-refractivity contribution in [3.8, 4) is 5.75 Å². The molecule has 8 nitrogen and oxygen atoms in total. The Morgan fingerprint density at radius 2 is 1.33 bits per heavy atom. The molecule has 0 radical (unpaired) electrons. The summed E-state index contributed by atoms with van der Waals surface area (Å²) >= 11 is 0. The lowest BCUT2D eigenvalue weighted by Crippen LogP contribution is -2.44. The van der Waals surface area contributed by atoms with Gasteiger partial charge in [0.25, 0.3) is 0 Å². The standard InChI is InChI=1S/C38H44N2O6/c1-27-33(36(41)44-4)35(31-17-11-12-18-32(31)43-3)34(28(2)39-27)37(42)46-26-25-45-24-23-40-21-19-38(20-22-40,29-13-7-5-8-14-29)30-15-9-6-10-16-30/h5-18,35,39H,19-26H2,1-4H3. The highest BCUT2D eigenvalue weighted by molar-refractivity contribution is 6.00. The summed E-state index contributed by atoms with van der Waals surface area (Å²) in [6.45, 7) is 7.26. The van der Waals surface area contributed by atoms with E-state index in [1.165, 1.54) is 18.2 Å². The van der Waals surface area contributed by atoms with Crippen molar-refractivity contribution in [2.75, 3.05) is 53.7 Å². The van der Waals surface area contributed by atoms with Crippen molar-refractivity contribution >= 4 is 11.9 Å². The average molecular weight is 625 g/mol. The van der Waals surface area contributed by atoms with Crippen LogP contribution in [0.1, 0.15) is 49.3 Å². The van der Waals surface area contributed by atoms with Crippen LogP contribution in [0.5, 0.6) is 5.75 Å². The minimum atomic E-state index is -0.712. The number of methoxy groups -OCH3 is 2. The van der Waals surface area contributed by atoms with E-state index >= 15 is 0 Å². The third-order valence-electron chi connectivity index (χ3n) is 9.21. The van der Waals surface area contributed by atoms with Crippen molar-refractivity contribution in [3.63, 3.8) is 0 Å². The second-order valence-corrected chi connectivity index (χ2v) is 11.8. The molecule has 3 aromatic rings. The molecule has 5 rings (SSSR count). The molecule has 1 unspecified atom stereocenters. The Morgan fingerprint density at radius 3 is 1.91 bits per heavy atom. The maximum absolute atomic E-state index is 13.5. The quantitative estimate of drug-likeness (QED) is 0.202. The first-order valence-electron chi connectivity index (χ1n) is 15.9. The molecule has 2 heterocycles. The maximum atomic E-state index is 13.5. The van der Waals surface area contributed by atoms with E-state index in [1.54, 1.807) is 27.0 Å². The number of dihydropyridines is 1. The number of piperidine rings is 1. The molecule has 8 heteroatoms. The molecule has 1 N–H and O–H groups in total. The van der Waals surface area contributed by atoms with Crippen LogP contribution in [0, 0.1) is 0 Å². The first-order valence-corrected chi connectivity index (χ1v) is 15.9. The Kier molecular flexibility index (Phi) is 10.9. The molecular formula is C38H44N2O6. The highest BCUT2D eigenvalue weighted by atomic mass is 16.6. The molecule has 0 aromatic heterocycles. The number of rotatable bonds is 12. The van der Waals surface area contributed by atoms with Crippen LogP contribution in [0.15, 0.2) is 107 Å². The van der Waals surface area contributed by atoms with E-state index in [0.717, 1.165) is 32.5 Å². The van der Waals surface area contributed by atoms with Crippen molar-refractivity contribution in [1.29, 1.82) is 0 Å². The number of para-hydroxylation sites is 1. The van der Waals surface area contributed by atoms with Crippen molar-refractivity contribution in [1.82, 2.24) is 10.2 Å². The monoisotopic (exact) mass is 624 g/mol. The van der Waals surface area contributed by atoms with E-state index in [2.05, 4.69) is 70.9 Å². The van der Waals surface area contributed by atoms with Gasteiger partial charge in [0.05, 0.1) is 44.5 Å². The molecule has 2 aliphatic rings. The van der Waals surface area contributed by atoms with E-state index in [0.29, 0.717) is 40.5 Å². The molecule has 1 fully saturated rings. The molecule has 1 atom stereocenters. The lowest BCUT2D eigenvalue weighted by molar-refractivity contribution is -0.141. The minimum absolute atomic E-state index is 0.0119. The van der Waals surface area contributed by atoms with Crippen molar-refractivity contribution in [3.05, 3.63) is 124 Å². The van der Waals surface area contributed by atoms with Gasteiger partial charge in [-0.15, -0.1) is 0 Å². The van der Waals surface area contributed by atoms with Gasteiger partial charge in [-0.05, 0) is 57.0 Å². The smallest absolute Gasteiger partial charge is 0.336 e. The number of likely N-dealkylation sites (tertiary alicyclic amines) is 1. The summed E-state index contributed by atoms with van der Waals surface area (Å²) in [6, 6.07) is 29.0. The highest BCUT2D eigenvalue weighted by Gasteiger charge is 2.40. The van der Waals surface area contributed by atoms with Crippen LogP contribution in [-0.4, -0.2) is 70.5 Å². The lowest BCUT2D eigenvalue weighted by Gasteiger charge is -2.43. The van der Waals surface area contributed by atoms with E-state index in [4.69, 9.17) is 18.9 Å². The molecular weight excluding hydrogens is 580 g/mol. The SMILES string of the molecule is COC(=O)C1=C(C)NC(C)=C(C(=O)OCCOCCN2CCC(c3ccccc3)(c3ccccc3)CC2)C1c1ccccc1OC. The number of carbonyl (C=O) groups excluding carboxylic acids is 2. The summed E-state index contributed by atoms with van der Waals surface area (Å²) in [7, 11) is 2.89. The van der Waals surface area contributed by atoms with Crippen LogP contribution in [0.4, 0.5) is 0 Å². The van der Waals surface area contributed by atoms with Crippen LogP contribution in [0.2, 0.25) is 0 Å². The predicted molar refractivity (Wildman–Crippen MR) is 177 cm³/mol. The Hall–Kier alpha value is -4.40. The predicted octanol–water partition coefficient (Wildman–Crippen LogP) is 5.74. The fourth-order valence-electron chi connectivity index (χ4n) is 6.84. The molecule has 2 aliphatic heterocycles. The zero-order valence-electron chi connectivity index (χ0n) is 27.2. The van der Waals surface area contributed by atoms with Gasteiger partial charge in [0.2, 0.25) is 0 Å². The Morgan fingerprint density at radius 1 is 0.761 bits per heavy atom. The zero-order chi connectivity index (χ0) is 32.5. The molecule has 1 saturated heterocycles. The van der Waals surface area contributed by atoms with Crippen LogP contribution in [0.25, 0.3) is 0 Å². The number of carbonyl (C=O) groups is 2. The largest absolute Gasteiger partial charge is 0.496 e. The van der Waals surface area contributed by atoms with E-state index in [-0.39, 0.29) is 18.6 Å². The summed E-state index contributed by atoms with van der Waals surface area (Å²) in [5.41, 5.74) is 5.33. The van der Waals surface area contributed by atoms with Gasteiger partial charge in [-0.2, -0.15) is 0 Å². The van der Waals surface area contributed by atoms with Crippen molar-refractivity contribution < 1.29 is 28.5 Å². The van der Waals surface area contributed by atoms with Gasteiger partial charge in [-0.25, -0.2) is 9.59 Å². The number of esters is 2. The lowest BCUT2D eigenvalue weighted by atomic mass is 9.68. The third kappa shape index (κ3) is 7.03. The molecule has 3 aromatic carbocycles. The molecule has 242 valence electrons. The molecule has 0 saturated carbocycles. The Labute approximate surface area is 272 Å². The maximum Gasteiger partial charge on any atom is 0.336 e. The number of hydrogen-bond acceptors (Lipinski definition) is 8. The van der Waals surface area contributed by atoms with Gasteiger partial charge in [-0.1, -0.05) is 78.9 Å².